The van der Waals surface area contributed by atoms with Crippen LogP contribution in [0.25, 0.3) is 0 Å². The molecule has 0 bridgehead atoms. The summed E-state index contributed by atoms with van der Waals surface area (Å²) in [5.41, 5.74) is 0.922. The summed E-state index contributed by atoms with van der Waals surface area (Å²) in [6.07, 6.45) is 5.06. The van der Waals surface area contributed by atoms with Crippen LogP contribution in [0.5, 0.6) is 17.2 Å². The monoisotopic (exact) mass is 446 g/mol. The van der Waals surface area contributed by atoms with Crippen molar-refractivity contribution in [3.05, 3.63) is 17.7 Å². The highest BCUT2D eigenvalue weighted by atomic mass is 16.5. The molecule has 1 saturated carbocycles. The molecule has 1 saturated heterocycles. The van der Waals surface area contributed by atoms with Gasteiger partial charge in [-0.3, -0.25) is 9.59 Å². The fourth-order valence-corrected chi connectivity index (χ4v) is 4.95. The minimum atomic E-state index is -0.310. The molecule has 1 aliphatic carbocycles. The van der Waals surface area contributed by atoms with E-state index < -0.39 is 0 Å². The molecule has 0 aromatic heterocycles. The van der Waals surface area contributed by atoms with Gasteiger partial charge in [0.05, 0.1) is 27.2 Å². The van der Waals surface area contributed by atoms with Gasteiger partial charge in [-0.1, -0.05) is 26.7 Å². The molecule has 1 heterocycles. The average molecular weight is 447 g/mol. The van der Waals surface area contributed by atoms with Crippen LogP contribution in [0.2, 0.25) is 0 Å². The zero-order valence-electron chi connectivity index (χ0n) is 20.1. The lowest BCUT2D eigenvalue weighted by molar-refractivity contribution is -0.134. The Morgan fingerprint density at radius 3 is 2.19 bits per heavy atom. The molecule has 2 aliphatic rings. The van der Waals surface area contributed by atoms with Crippen LogP contribution in [0.15, 0.2) is 12.1 Å². The van der Waals surface area contributed by atoms with Crippen molar-refractivity contribution in [1.82, 2.24) is 10.2 Å². The molecule has 3 rings (SSSR count). The maximum absolute atomic E-state index is 13.2. The first-order valence-corrected chi connectivity index (χ1v) is 11.8. The number of hydrogen-bond acceptors (Lipinski definition) is 5. The van der Waals surface area contributed by atoms with Crippen molar-refractivity contribution in [2.24, 2.45) is 17.8 Å². The van der Waals surface area contributed by atoms with Crippen LogP contribution in [-0.4, -0.2) is 57.7 Å². The summed E-state index contributed by atoms with van der Waals surface area (Å²) < 4.78 is 16.5. The molecule has 2 fully saturated rings. The minimum absolute atomic E-state index is 0.00567. The normalized spacial score (nSPS) is 21.1. The molecule has 2 atom stereocenters. The third-order valence-electron chi connectivity index (χ3n) is 6.81. The number of rotatable bonds is 9. The van der Waals surface area contributed by atoms with Gasteiger partial charge in [0, 0.05) is 31.5 Å². The zero-order chi connectivity index (χ0) is 23.3. The number of carbonyl (C=O) groups excluding carboxylic acids is 2. The van der Waals surface area contributed by atoms with Crippen LogP contribution < -0.4 is 19.5 Å². The number of hydrogen-bond donors (Lipinski definition) is 1. The molecule has 178 valence electrons. The minimum Gasteiger partial charge on any atom is -0.493 e. The van der Waals surface area contributed by atoms with E-state index >= 15 is 0 Å². The van der Waals surface area contributed by atoms with Gasteiger partial charge in [0.25, 0.3) is 0 Å². The van der Waals surface area contributed by atoms with Gasteiger partial charge in [-0.15, -0.1) is 0 Å². The van der Waals surface area contributed by atoms with E-state index in [2.05, 4.69) is 19.2 Å². The number of nitrogens with one attached hydrogen (secondary N) is 1. The van der Waals surface area contributed by atoms with E-state index in [1.807, 2.05) is 17.0 Å². The van der Waals surface area contributed by atoms with Crippen molar-refractivity contribution >= 4 is 11.8 Å². The lowest BCUT2D eigenvalue weighted by Crippen LogP contribution is -2.37. The Labute approximate surface area is 191 Å². The van der Waals surface area contributed by atoms with Crippen LogP contribution in [0.1, 0.15) is 57.4 Å². The third kappa shape index (κ3) is 5.30. The summed E-state index contributed by atoms with van der Waals surface area (Å²) in [4.78, 5) is 28.3. The van der Waals surface area contributed by atoms with Crippen LogP contribution in [-0.2, 0) is 9.59 Å². The maximum atomic E-state index is 13.2. The molecule has 7 heteroatoms. The molecule has 0 spiro atoms. The molecule has 0 radical (unpaired) electrons. The first-order valence-electron chi connectivity index (χ1n) is 11.8. The number of carbonyl (C=O) groups is 2. The number of nitrogens with zero attached hydrogens (tertiary/aromatic N) is 1. The molecular formula is C25H38N2O5. The third-order valence-corrected chi connectivity index (χ3v) is 6.81. The van der Waals surface area contributed by atoms with E-state index in [9.17, 15) is 9.59 Å². The van der Waals surface area contributed by atoms with Gasteiger partial charge in [-0.05, 0) is 42.9 Å². The Balaban J connectivity index is 1.88. The molecule has 0 unspecified atom stereocenters. The molecule has 32 heavy (non-hydrogen) atoms. The SMILES string of the molecule is COc1cc([C@@H]2CN(C(=O)C3CCCC3)C[C@H]2C(=O)NCCC(C)C)cc(OC)c1OC. The van der Waals surface area contributed by atoms with Crippen molar-refractivity contribution in [1.29, 1.82) is 0 Å². The fraction of sp³-hybridized carbons (Fsp3) is 0.680. The highest BCUT2D eigenvalue weighted by Gasteiger charge is 2.42. The van der Waals surface area contributed by atoms with E-state index in [-0.39, 0.29) is 29.6 Å². The highest BCUT2D eigenvalue weighted by molar-refractivity contribution is 5.84. The first kappa shape index (κ1) is 24.2. The van der Waals surface area contributed by atoms with Gasteiger partial charge in [-0.25, -0.2) is 0 Å². The Morgan fingerprint density at radius 2 is 1.66 bits per heavy atom. The van der Waals surface area contributed by atoms with E-state index in [0.717, 1.165) is 37.7 Å². The van der Waals surface area contributed by atoms with E-state index in [1.54, 1.807) is 21.3 Å². The first-order chi connectivity index (χ1) is 15.4. The van der Waals surface area contributed by atoms with E-state index in [0.29, 0.717) is 42.8 Å². The molecule has 2 amide bonds. The fourth-order valence-electron chi connectivity index (χ4n) is 4.95. The average Bonchev–Trinajstić information content (AvgIpc) is 3.47. The standard InChI is InChI=1S/C25H38N2O5/c1-16(2)10-11-26-24(28)20-15-27(25(29)17-8-6-7-9-17)14-19(20)18-12-21(30-3)23(32-5)22(13-18)31-4/h12-13,16-17,19-20H,6-11,14-15H2,1-5H3,(H,26,28)/t19-,20+/m0/s1. The molecule has 1 N–H and O–H groups in total. The van der Waals surface area contributed by atoms with Gasteiger partial charge in [0.2, 0.25) is 17.6 Å². The number of ether oxygens (including phenoxy) is 3. The van der Waals surface area contributed by atoms with Gasteiger partial charge in [0.1, 0.15) is 0 Å². The van der Waals surface area contributed by atoms with E-state index in [4.69, 9.17) is 14.2 Å². The zero-order valence-corrected chi connectivity index (χ0v) is 20.1. The molecule has 1 aliphatic heterocycles. The summed E-state index contributed by atoms with van der Waals surface area (Å²) in [6.45, 7) is 5.90. The number of methoxy groups -OCH3 is 3. The molecule has 7 nitrogen and oxygen atoms in total. The van der Waals surface area contributed by atoms with Crippen molar-refractivity contribution in [2.75, 3.05) is 41.0 Å². The summed E-state index contributed by atoms with van der Waals surface area (Å²) in [5.74, 6) is 2.01. The van der Waals surface area contributed by atoms with Crippen molar-refractivity contribution in [3.8, 4) is 17.2 Å². The van der Waals surface area contributed by atoms with Crippen molar-refractivity contribution in [2.45, 2.75) is 51.9 Å². The van der Waals surface area contributed by atoms with Gasteiger partial charge < -0.3 is 24.4 Å². The second-order valence-electron chi connectivity index (χ2n) is 9.37. The number of benzene rings is 1. The Kier molecular flexibility index (Phi) is 8.26. The Hall–Kier alpha value is -2.44. The summed E-state index contributed by atoms with van der Waals surface area (Å²) in [6, 6.07) is 3.81. The van der Waals surface area contributed by atoms with E-state index in [1.165, 1.54) is 0 Å². The quantitative estimate of drug-likeness (QED) is 0.627. The highest BCUT2D eigenvalue weighted by Crippen LogP contribution is 2.43. The topological polar surface area (TPSA) is 77.1 Å². The summed E-state index contributed by atoms with van der Waals surface area (Å²) >= 11 is 0. The Morgan fingerprint density at radius 1 is 1.03 bits per heavy atom. The predicted molar refractivity (Wildman–Crippen MR) is 123 cm³/mol. The second kappa shape index (κ2) is 10.9. The lowest BCUT2D eigenvalue weighted by Gasteiger charge is -2.21. The number of amides is 2. The van der Waals surface area contributed by atoms with Gasteiger partial charge in [-0.2, -0.15) is 0 Å². The van der Waals surface area contributed by atoms with Crippen LogP contribution in [0.3, 0.4) is 0 Å². The Bertz CT molecular complexity index is 779. The number of likely N-dealkylation sites (tertiary alicyclic amines) is 1. The van der Waals surface area contributed by atoms with Gasteiger partial charge in [0.15, 0.2) is 11.5 Å². The van der Waals surface area contributed by atoms with Crippen molar-refractivity contribution in [3.63, 3.8) is 0 Å². The molecule has 1 aromatic carbocycles. The second-order valence-corrected chi connectivity index (χ2v) is 9.37. The van der Waals surface area contributed by atoms with Crippen LogP contribution in [0, 0.1) is 17.8 Å². The largest absolute Gasteiger partial charge is 0.493 e. The lowest BCUT2D eigenvalue weighted by atomic mass is 9.87. The van der Waals surface area contributed by atoms with Crippen LogP contribution in [0.4, 0.5) is 0 Å². The smallest absolute Gasteiger partial charge is 0.225 e. The molecular weight excluding hydrogens is 408 g/mol. The molecule has 1 aromatic rings. The maximum Gasteiger partial charge on any atom is 0.225 e. The van der Waals surface area contributed by atoms with Crippen molar-refractivity contribution < 1.29 is 23.8 Å². The summed E-state index contributed by atoms with van der Waals surface area (Å²) in [5, 5.41) is 3.10. The summed E-state index contributed by atoms with van der Waals surface area (Å²) in [7, 11) is 4.74. The predicted octanol–water partition coefficient (Wildman–Crippen LogP) is 3.61. The van der Waals surface area contributed by atoms with Crippen LogP contribution >= 0.6 is 0 Å². The van der Waals surface area contributed by atoms with Gasteiger partial charge >= 0.3 is 0 Å².